The lowest BCUT2D eigenvalue weighted by Crippen LogP contribution is -2.37. The molecule has 0 aromatic carbocycles. The standard InChI is InChI=1S/C8H18NO4PS2/c1-7(2)9(11-3)8(10)6-16-14(15,12-4)13-5/h7H,6H2,1-5H3. The zero-order chi connectivity index (χ0) is 12.8. The van der Waals surface area contributed by atoms with Crippen molar-refractivity contribution in [3.8, 4) is 0 Å². The zero-order valence-corrected chi connectivity index (χ0v) is 12.7. The predicted molar refractivity (Wildman–Crippen MR) is 69.8 cm³/mol. The van der Waals surface area contributed by atoms with Gasteiger partial charge in [-0.2, -0.15) is 0 Å². The topological polar surface area (TPSA) is 48.0 Å². The summed E-state index contributed by atoms with van der Waals surface area (Å²) >= 11 is 6.33. The molecule has 0 spiro atoms. The Bertz CT molecular complexity index is 267. The molecule has 0 aliphatic heterocycles. The van der Waals surface area contributed by atoms with E-state index in [2.05, 4.69) is 0 Å². The Hall–Kier alpha value is 0.350. The van der Waals surface area contributed by atoms with Gasteiger partial charge in [-0.15, -0.1) is 0 Å². The van der Waals surface area contributed by atoms with Crippen molar-refractivity contribution in [3.63, 3.8) is 0 Å². The smallest absolute Gasteiger partial charge is 0.256 e. The summed E-state index contributed by atoms with van der Waals surface area (Å²) in [6.07, 6.45) is 0. The third kappa shape index (κ3) is 5.12. The summed E-state index contributed by atoms with van der Waals surface area (Å²) in [5, 5.41) is 1.30. The summed E-state index contributed by atoms with van der Waals surface area (Å²) < 4.78 is 10.1. The second-order valence-corrected chi connectivity index (χ2v) is 9.61. The maximum Gasteiger partial charge on any atom is 0.256 e. The number of carbonyl (C=O) groups is 1. The number of hydrogen-bond acceptors (Lipinski definition) is 6. The minimum atomic E-state index is -2.37. The van der Waals surface area contributed by atoms with Crippen molar-refractivity contribution in [1.29, 1.82) is 0 Å². The predicted octanol–water partition coefficient (Wildman–Crippen LogP) is 2.04. The molecule has 0 saturated carbocycles. The van der Waals surface area contributed by atoms with Crippen LogP contribution in [-0.4, -0.2) is 44.1 Å². The van der Waals surface area contributed by atoms with Crippen LogP contribution in [0.15, 0.2) is 0 Å². The van der Waals surface area contributed by atoms with Crippen LogP contribution in [0.2, 0.25) is 0 Å². The Morgan fingerprint density at radius 3 is 2.19 bits per heavy atom. The number of carbonyl (C=O) groups excluding carboxylic acids is 1. The van der Waals surface area contributed by atoms with Crippen molar-refractivity contribution in [3.05, 3.63) is 0 Å². The molecule has 0 radical (unpaired) electrons. The number of nitrogens with zero attached hydrogens (tertiary/aromatic N) is 1. The van der Waals surface area contributed by atoms with E-state index >= 15 is 0 Å². The molecule has 0 aromatic heterocycles. The van der Waals surface area contributed by atoms with E-state index < -0.39 is 5.69 Å². The van der Waals surface area contributed by atoms with Crippen LogP contribution in [0.4, 0.5) is 0 Å². The molecule has 0 aliphatic rings. The molecular formula is C8H18NO4PS2. The average molecular weight is 287 g/mol. The molecule has 0 N–H and O–H groups in total. The molecule has 0 saturated heterocycles. The lowest BCUT2D eigenvalue weighted by Gasteiger charge is -2.24. The minimum Gasteiger partial charge on any atom is -0.325 e. The van der Waals surface area contributed by atoms with Crippen LogP contribution in [0.3, 0.4) is 0 Å². The van der Waals surface area contributed by atoms with Crippen LogP contribution in [0, 0.1) is 0 Å². The van der Waals surface area contributed by atoms with Gasteiger partial charge in [-0.05, 0) is 25.7 Å². The van der Waals surface area contributed by atoms with E-state index in [4.69, 9.17) is 25.7 Å². The first-order valence-electron chi connectivity index (χ1n) is 4.62. The Morgan fingerprint density at radius 2 is 1.88 bits per heavy atom. The second kappa shape index (κ2) is 7.63. The van der Waals surface area contributed by atoms with E-state index in [-0.39, 0.29) is 17.7 Å². The highest BCUT2D eigenvalue weighted by Gasteiger charge is 2.22. The second-order valence-electron chi connectivity index (χ2n) is 3.08. The van der Waals surface area contributed by atoms with Crippen molar-refractivity contribution < 1.29 is 18.7 Å². The zero-order valence-electron chi connectivity index (χ0n) is 10.1. The van der Waals surface area contributed by atoms with Gasteiger partial charge in [0.25, 0.3) is 5.91 Å². The fourth-order valence-electron chi connectivity index (χ4n) is 0.978. The Labute approximate surface area is 106 Å². The van der Waals surface area contributed by atoms with Gasteiger partial charge in [-0.25, -0.2) is 5.06 Å². The van der Waals surface area contributed by atoms with Gasteiger partial charge in [0.1, 0.15) is 0 Å². The van der Waals surface area contributed by atoms with Crippen molar-refractivity contribution >= 4 is 34.8 Å². The molecule has 0 bridgehead atoms. The van der Waals surface area contributed by atoms with E-state index in [9.17, 15) is 4.79 Å². The highest BCUT2D eigenvalue weighted by atomic mass is 32.9. The monoisotopic (exact) mass is 287 g/mol. The van der Waals surface area contributed by atoms with Gasteiger partial charge >= 0.3 is 0 Å². The first kappa shape index (κ1) is 16.4. The van der Waals surface area contributed by atoms with Gasteiger partial charge in [0.05, 0.1) is 18.9 Å². The van der Waals surface area contributed by atoms with Crippen LogP contribution in [0.25, 0.3) is 0 Å². The highest BCUT2D eigenvalue weighted by molar-refractivity contribution is 8.68. The average Bonchev–Trinajstić information content (AvgIpc) is 2.26. The molecule has 0 aliphatic carbocycles. The molecule has 0 aromatic rings. The van der Waals surface area contributed by atoms with E-state index in [1.165, 1.54) is 37.8 Å². The fraction of sp³-hybridized carbons (Fsp3) is 0.875. The van der Waals surface area contributed by atoms with E-state index in [1.54, 1.807) is 0 Å². The van der Waals surface area contributed by atoms with Crippen LogP contribution in [0.5, 0.6) is 0 Å². The SMILES string of the molecule is CON(C(=O)CSP(=S)(OC)OC)C(C)C. The summed E-state index contributed by atoms with van der Waals surface area (Å²) in [5.41, 5.74) is -2.37. The normalized spacial score (nSPS) is 11.9. The lowest BCUT2D eigenvalue weighted by atomic mass is 10.4. The third-order valence-corrected chi connectivity index (χ3v) is 7.37. The summed E-state index contributed by atoms with van der Waals surface area (Å²) in [6.45, 7) is 3.74. The largest absolute Gasteiger partial charge is 0.325 e. The van der Waals surface area contributed by atoms with Crippen molar-refractivity contribution in [2.75, 3.05) is 27.1 Å². The number of amides is 1. The molecule has 16 heavy (non-hydrogen) atoms. The van der Waals surface area contributed by atoms with Gasteiger partial charge < -0.3 is 9.05 Å². The van der Waals surface area contributed by atoms with Crippen molar-refractivity contribution in [1.82, 2.24) is 5.06 Å². The van der Waals surface area contributed by atoms with Gasteiger partial charge in [-0.3, -0.25) is 9.63 Å². The summed E-state index contributed by atoms with van der Waals surface area (Å²) in [5.74, 6) is 0.0381. The molecule has 0 atom stereocenters. The molecular weight excluding hydrogens is 269 g/mol. The fourth-order valence-corrected chi connectivity index (χ4v) is 3.65. The van der Waals surface area contributed by atoms with Gasteiger partial charge in [0.2, 0.25) is 5.69 Å². The molecule has 0 rings (SSSR count). The van der Waals surface area contributed by atoms with Crippen LogP contribution >= 0.6 is 17.1 Å². The maximum absolute atomic E-state index is 11.7. The quantitative estimate of drug-likeness (QED) is 0.527. The maximum atomic E-state index is 11.7. The number of rotatable bonds is 7. The Kier molecular flexibility index (Phi) is 7.80. The molecule has 96 valence electrons. The first-order chi connectivity index (χ1) is 7.40. The van der Waals surface area contributed by atoms with E-state index in [1.807, 2.05) is 13.8 Å². The van der Waals surface area contributed by atoms with Crippen LogP contribution < -0.4 is 0 Å². The molecule has 8 heteroatoms. The highest BCUT2D eigenvalue weighted by Crippen LogP contribution is 2.59. The van der Waals surface area contributed by atoms with Crippen LogP contribution in [0.1, 0.15) is 13.8 Å². The molecule has 0 heterocycles. The number of hydrogen-bond donors (Lipinski definition) is 0. The Morgan fingerprint density at radius 1 is 1.38 bits per heavy atom. The van der Waals surface area contributed by atoms with E-state index in [0.717, 1.165) is 0 Å². The van der Waals surface area contributed by atoms with Crippen molar-refractivity contribution in [2.24, 2.45) is 0 Å². The molecule has 1 amide bonds. The molecule has 0 unspecified atom stereocenters. The summed E-state index contributed by atoms with van der Waals surface area (Å²) in [7, 11) is 4.43. The lowest BCUT2D eigenvalue weighted by molar-refractivity contribution is -0.181. The first-order valence-corrected chi connectivity index (χ1v) is 8.85. The molecule has 5 nitrogen and oxygen atoms in total. The number of hydroxylamine groups is 2. The van der Waals surface area contributed by atoms with Gasteiger partial charge in [0.15, 0.2) is 0 Å². The Balaban J connectivity index is 4.30. The summed E-state index contributed by atoms with van der Waals surface area (Å²) in [6, 6.07) is -0.0129. The van der Waals surface area contributed by atoms with E-state index in [0.29, 0.717) is 0 Å². The molecule has 0 fully saturated rings. The third-order valence-electron chi connectivity index (χ3n) is 1.70. The van der Waals surface area contributed by atoms with Gasteiger partial charge in [-0.1, -0.05) is 11.4 Å². The minimum absolute atomic E-state index is 0.0129. The van der Waals surface area contributed by atoms with Gasteiger partial charge in [0, 0.05) is 14.2 Å². The summed E-state index contributed by atoms with van der Waals surface area (Å²) in [4.78, 5) is 16.7. The van der Waals surface area contributed by atoms with Crippen molar-refractivity contribution in [2.45, 2.75) is 19.9 Å². The van der Waals surface area contributed by atoms with Crippen LogP contribution in [-0.2, 0) is 30.5 Å².